The average Bonchev–Trinajstić information content (AvgIpc) is 3.63. The molecular formula is C24H22F6N2O6S. The molecule has 2 N–H and O–H groups in total. The lowest BCUT2D eigenvalue weighted by atomic mass is 9.92. The highest BCUT2D eigenvalue weighted by Crippen LogP contribution is 2.50. The number of aliphatic hydroxyl groups is 1. The lowest BCUT2D eigenvalue weighted by Gasteiger charge is -2.32. The molecule has 2 amide bonds. The number of methoxy groups -OCH3 is 1. The van der Waals surface area contributed by atoms with Crippen LogP contribution in [0.1, 0.15) is 35.6 Å². The number of alkyl halides is 6. The Labute approximate surface area is 218 Å². The Kier molecular flexibility index (Phi) is 7.23. The van der Waals surface area contributed by atoms with Crippen molar-refractivity contribution in [2.75, 3.05) is 19.0 Å². The number of carbonyl (C=O) groups excluding carboxylic acids is 2. The predicted octanol–water partition coefficient (Wildman–Crippen LogP) is 3.60. The zero-order valence-corrected chi connectivity index (χ0v) is 21.0. The number of ether oxygens (including phenoxy) is 1. The molecular weight excluding hydrogens is 558 g/mol. The summed E-state index contributed by atoms with van der Waals surface area (Å²) in [7, 11) is -2.32. The largest absolute Gasteiger partial charge is 0.430 e. The van der Waals surface area contributed by atoms with Gasteiger partial charge in [0, 0.05) is 24.9 Å². The Bertz CT molecular complexity index is 1370. The van der Waals surface area contributed by atoms with Crippen molar-refractivity contribution in [1.29, 1.82) is 0 Å². The normalized spacial score (nSPS) is 18.2. The van der Waals surface area contributed by atoms with Gasteiger partial charge in [-0.25, -0.2) is 8.42 Å². The Morgan fingerprint density at radius 1 is 1.03 bits per heavy atom. The number of carbonyl (C=O) groups is 2. The summed E-state index contributed by atoms with van der Waals surface area (Å²) in [6.07, 6.45) is -11.1. The van der Waals surface area contributed by atoms with Crippen molar-refractivity contribution >= 4 is 27.3 Å². The first-order valence-electron chi connectivity index (χ1n) is 11.4. The third kappa shape index (κ3) is 5.10. The van der Waals surface area contributed by atoms with Crippen LogP contribution in [0.15, 0.2) is 47.4 Å². The van der Waals surface area contributed by atoms with E-state index in [1.807, 2.05) is 0 Å². The quantitative estimate of drug-likeness (QED) is 0.484. The number of benzene rings is 2. The monoisotopic (exact) mass is 580 g/mol. The molecule has 0 aromatic heterocycles. The summed E-state index contributed by atoms with van der Waals surface area (Å²) >= 11 is 0. The second-order valence-corrected chi connectivity index (χ2v) is 11.5. The summed E-state index contributed by atoms with van der Waals surface area (Å²) in [4.78, 5) is 27.1. The topological polar surface area (TPSA) is 113 Å². The molecule has 0 saturated heterocycles. The molecule has 0 bridgehead atoms. The molecule has 2 aliphatic rings. The third-order valence-electron chi connectivity index (χ3n) is 6.58. The highest BCUT2D eigenvalue weighted by Gasteiger charge is 2.71. The molecule has 15 heteroatoms. The van der Waals surface area contributed by atoms with Crippen LogP contribution in [0.2, 0.25) is 0 Å². The fraction of sp³-hybridized carbons (Fsp3) is 0.417. The summed E-state index contributed by atoms with van der Waals surface area (Å²) in [5.41, 5.74) is -6.16. The van der Waals surface area contributed by atoms with E-state index in [-0.39, 0.29) is 17.1 Å². The zero-order chi connectivity index (χ0) is 29.0. The molecule has 1 unspecified atom stereocenters. The van der Waals surface area contributed by atoms with Gasteiger partial charge >= 0.3 is 12.4 Å². The molecule has 1 atom stereocenters. The van der Waals surface area contributed by atoms with Crippen LogP contribution < -0.4 is 5.32 Å². The van der Waals surface area contributed by atoms with Crippen LogP contribution >= 0.6 is 0 Å². The Hall–Kier alpha value is -3.17. The van der Waals surface area contributed by atoms with Gasteiger partial charge in [0.25, 0.3) is 11.5 Å². The van der Waals surface area contributed by atoms with E-state index in [2.05, 4.69) is 5.32 Å². The first-order valence-corrected chi connectivity index (χ1v) is 13.0. The van der Waals surface area contributed by atoms with E-state index in [4.69, 9.17) is 4.74 Å². The van der Waals surface area contributed by atoms with E-state index in [9.17, 15) is 49.5 Å². The molecule has 4 rings (SSSR count). The van der Waals surface area contributed by atoms with Gasteiger partial charge in [0.05, 0.1) is 10.1 Å². The van der Waals surface area contributed by atoms with Gasteiger partial charge in [-0.3, -0.25) is 9.59 Å². The predicted molar refractivity (Wildman–Crippen MR) is 123 cm³/mol. The highest BCUT2D eigenvalue weighted by atomic mass is 32.2. The first-order chi connectivity index (χ1) is 18.0. The second-order valence-electron chi connectivity index (χ2n) is 9.23. The number of nitrogens with one attached hydrogen (secondary N) is 1. The van der Waals surface area contributed by atoms with Crippen molar-refractivity contribution in [3.8, 4) is 0 Å². The summed E-state index contributed by atoms with van der Waals surface area (Å²) in [6, 6.07) is 5.06. The SMILES string of the molecule is COCC(=O)N1Cc2cc(S(=O)(=O)C3CC3)ccc2C1C(=O)Nc1ccc(C(O)(C(F)(F)F)C(F)(F)F)cc1. The van der Waals surface area contributed by atoms with Gasteiger partial charge in [-0.1, -0.05) is 18.2 Å². The molecule has 0 radical (unpaired) electrons. The van der Waals surface area contributed by atoms with E-state index < -0.39 is 63.1 Å². The maximum atomic E-state index is 13.2. The maximum Gasteiger partial charge on any atom is 0.430 e. The summed E-state index contributed by atoms with van der Waals surface area (Å²) in [5, 5.41) is 11.4. The van der Waals surface area contributed by atoms with Gasteiger partial charge in [0.15, 0.2) is 9.84 Å². The molecule has 0 spiro atoms. The third-order valence-corrected chi connectivity index (χ3v) is 8.84. The fourth-order valence-corrected chi connectivity index (χ4v) is 6.10. The van der Waals surface area contributed by atoms with Gasteiger partial charge in [0.2, 0.25) is 5.91 Å². The number of sulfone groups is 1. The Balaban J connectivity index is 1.63. The number of amides is 2. The minimum absolute atomic E-state index is 0.0429. The molecule has 2 aromatic carbocycles. The maximum absolute atomic E-state index is 13.2. The second kappa shape index (κ2) is 9.78. The van der Waals surface area contributed by atoms with Gasteiger partial charge in [0.1, 0.15) is 12.6 Å². The van der Waals surface area contributed by atoms with Crippen molar-refractivity contribution in [3.63, 3.8) is 0 Å². The van der Waals surface area contributed by atoms with E-state index in [1.165, 1.54) is 25.3 Å². The van der Waals surface area contributed by atoms with Gasteiger partial charge in [-0.15, -0.1) is 0 Å². The van der Waals surface area contributed by atoms with Crippen LogP contribution in [0.4, 0.5) is 32.0 Å². The number of halogens is 6. The number of rotatable bonds is 7. The number of nitrogens with zero attached hydrogens (tertiary/aromatic N) is 1. The van der Waals surface area contributed by atoms with Crippen LogP contribution in [0.5, 0.6) is 0 Å². The van der Waals surface area contributed by atoms with E-state index in [1.54, 1.807) is 0 Å². The molecule has 1 aliphatic heterocycles. The molecule has 2 aromatic rings. The first kappa shape index (κ1) is 28.8. The van der Waals surface area contributed by atoms with Gasteiger partial charge < -0.3 is 20.1 Å². The summed E-state index contributed by atoms with van der Waals surface area (Å²) in [5.74, 6) is -1.47. The van der Waals surface area contributed by atoms with Crippen LogP contribution in [-0.4, -0.2) is 61.6 Å². The van der Waals surface area contributed by atoms with E-state index >= 15 is 0 Å². The number of hydrogen-bond acceptors (Lipinski definition) is 6. The van der Waals surface area contributed by atoms with Crippen molar-refractivity contribution < 1.29 is 54.2 Å². The Morgan fingerprint density at radius 2 is 1.62 bits per heavy atom. The molecule has 1 aliphatic carbocycles. The molecule has 1 heterocycles. The van der Waals surface area contributed by atoms with Crippen molar-refractivity contribution in [1.82, 2.24) is 4.90 Å². The lowest BCUT2D eigenvalue weighted by molar-refractivity contribution is -0.376. The zero-order valence-electron chi connectivity index (χ0n) is 20.1. The minimum Gasteiger partial charge on any atom is -0.375 e. The Morgan fingerprint density at radius 3 is 2.13 bits per heavy atom. The molecule has 1 saturated carbocycles. The van der Waals surface area contributed by atoms with Gasteiger partial charge in [-0.05, 0) is 48.2 Å². The van der Waals surface area contributed by atoms with E-state index in [0.29, 0.717) is 36.1 Å². The fourth-order valence-electron chi connectivity index (χ4n) is 4.39. The smallest absolute Gasteiger partial charge is 0.375 e. The van der Waals surface area contributed by atoms with E-state index in [0.717, 1.165) is 17.0 Å². The number of hydrogen-bond donors (Lipinski definition) is 2. The number of fused-ring (bicyclic) bond motifs is 1. The molecule has 39 heavy (non-hydrogen) atoms. The van der Waals surface area contributed by atoms with Crippen LogP contribution in [0.3, 0.4) is 0 Å². The standard InChI is InChI=1S/C24H22F6N2O6S/c1-38-12-19(33)32-11-13-10-17(39(36,37)16-6-7-16)8-9-18(13)20(32)21(34)31-15-4-2-14(3-5-15)22(35,23(25,26)27)24(28,29)30/h2-5,8-10,16,20,35H,6-7,11-12H2,1H3,(H,31,34). The summed E-state index contributed by atoms with van der Waals surface area (Å²) in [6.45, 7) is -0.542. The minimum atomic E-state index is -6.07. The van der Waals surface area contributed by atoms with Crippen molar-refractivity contribution in [2.45, 2.75) is 53.5 Å². The molecule has 1 fully saturated rings. The molecule has 8 nitrogen and oxygen atoms in total. The number of anilines is 1. The van der Waals surface area contributed by atoms with Crippen molar-refractivity contribution in [2.24, 2.45) is 0 Å². The van der Waals surface area contributed by atoms with Crippen LogP contribution in [-0.2, 0) is 36.3 Å². The van der Waals surface area contributed by atoms with Crippen LogP contribution in [0, 0.1) is 0 Å². The van der Waals surface area contributed by atoms with Gasteiger partial charge in [-0.2, -0.15) is 26.3 Å². The van der Waals surface area contributed by atoms with Crippen molar-refractivity contribution in [3.05, 3.63) is 59.2 Å². The molecule has 212 valence electrons. The van der Waals surface area contributed by atoms with Crippen LogP contribution in [0.25, 0.3) is 0 Å². The summed E-state index contributed by atoms with van der Waals surface area (Å²) < 4.78 is 109. The average molecular weight is 581 g/mol. The lowest BCUT2D eigenvalue weighted by Crippen LogP contribution is -2.53. The highest BCUT2D eigenvalue weighted by molar-refractivity contribution is 7.92.